The van der Waals surface area contributed by atoms with Crippen LogP contribution in [-0.4, -0.2) is 11.6 Å². The predicted octanol–water partition coefficient (Wildman–Crippen LogP) is 3.77. The molecule has 4 nitrogen and oxygen atoms in total. The Bertz CT molecular complexity index is 1460. The van der Waals surface area contributed by atoms with Crippen LogP contribution in [0, 0.1) is 6.92 Å². The van der Waals surface area contributed by atoms with Gasteiger partial charge in [-0.15, -0.1) is 11.3 Å². The zero-order chi connectivity index (χ0) is 22.2. The molecule has 0 spiro atoms. The lowest BCUT2D eigenvalue weighted by Gasteiger charge is -2.12. The van der Waals surface area contributed by atoms with Crippen LogP contribution in [0.15, 0.2) is 69.8 Å². The van der Waals surface area contributed by atoms with Crippen molar-refractivity contribution < 1.29 is 4.57 Å². The summed E-state index contributed by atoms with van der Waals surface area (Å²) < 4.78 is 5.94. The molecule has 0 N–H and O–H groups in total. The van der Waals surface area contributed by atoms with Crippen molar-refractivity contribution >= 4 is 51.2 Å². The summed E-state index contributed by atoms with van der Waals surface area (Å²) in [5.41, 5.74) is 3.77. The van der Waals surface area contributed by atoms with E-state index in [1.807, 2.05) is 17.6 Å². The number of aromatic nitrogens is 2. The van der Waals surface area contributed by atoms with E-state index in [1.54, 1.807) is 34.4 Å². The Balaban J connectivity index is 1.62. The van der Waals surface area contributed by atoms with Gasteiger partial charge in [0.2, 0.25) is 0 Å². The van der Waals surface area contributed by atoms with Gasteiger partial charge in [0.15, 0.2) is 12.7 Å². The lowest BCUT2D eigenvalue weighted by Crippen LogP contribution is -2.36. The molecule has 2 aromatic carbocycles. The molecule has 0 unspecified atom stereocenters. The number of thiazole rings is 2. The summed E-state index contributed by atoms with van der Waals surface area (Å²) in [6.07, 6.45) is 4.27. The Morgan fingerprint density at radius 1 is 1.09 bits per heavy atom. The molecule has 0 bridgehead atoms. The molecule has 32 heavy (non-hydrogen) atoms. The van der Waals surface area contributed by atoms with E-state index in [2.05, 4.69) is 83.6 Å². The Morgan fingerprint density at radius 2 is 1.91 bits per heavy atom. The second-order valence-corrected chi connectivity index (χ2v) is 10.7. The number of nitrogens with zero attached hydrogens (tertiary/aromatic N) is 3. The standard InChI is InChI=1S/C25H24N3OS3/c1-4-28-21(15-20-27(13-14-30-20)16-18-10-6-5-7-11-18)31-23(24(28)29)25-26(3)19-12-8-9-17(2)22(19)32-25/h5-15H,4,16H2,1-3H3/q+1. The van der Waals surface area contributed by atoms with Crippen LogP contribution < -0.4 is 24.2 Å². The molecule has 3 heterocycles. The van der Waals surface area contributed by atoms with Crippen molar-refractivity contribution in [3.8, 4) is 0 Å². The van der Waals surface area contributed by atoms with E-state index in [0.29, 0.717) is 6.54 Å². The maximum atomic E-state index is 13.4. The van der Waals surface area contributed by atoms with Crippen LogP contribution in [0.3, 0.4) is 0 Å². The van der Waals surface area contributed by atoms with Gasteiger partial charge in [0.1, 0.15) is 14.2 Å². The Labute approximate surface area is 199 Å². The zero-order valence-electron chi connectivity index (χ0n) is 18.2. The fourth-order valence-electron chi connectivity index (χ4n) is 3.92. The third-order valence-electron chi connectivity index (χ3n) is 5.63. The maximum Gasteiger partial charge on any atom is 0.271 e. The van der Waals surface area contributed by atoms with Crippen LogP contribution in [0.5, 0.6) is 0 Å². The first kappa shape index (κ1) is 21.2. The van der Waals surface area contributed by atoms with Gasteiger partial charge in [0.25, 0.3) is 10.6 Å². The lowest BCUT2D eigenvalue weighted by atomic mass is 10.2. The molecular formula is C25H24N3OS3+. The van der Waals surface area contributed by atoms with E-state index in [1.165, 1.54) is 21.7 Å². The van der Waals surface area contributed by atoms with Crippen LogP contribution >= 0.6 is 34.4 Å². The van der Waals surface area contributed by atoms with E-state index < -0.39 is 0 Å². The SMILES string of the molecule is CCn1c(=Cc2scc[n+]2Cc2ccccc2)sc(=C2Sc3c(C)cccc3N2C)c1=O. The van der Waals surface area contributed by atoms with Gasteiger partial charge in [0, 0.05) is 24.1 Å². The summed E-state index contributed by atoms with van der Waals surface area (Å²) >= 11 is 5.00. The molecule has 162 valence electrons. The van der Waals surface area contributed by atoms with Crippen LogP contribution in [0.4, 0.5) is 5.69 Å². The van der Waals surface area contributed by atoms with Crippen molar-refractivity contribution in [2.24, 2.45) is 0 Å². The van der Waals surface area contributed by atoms with Crippen molar-refractivity contribution in [3.63, 3.8) is 0 Å². The minimum Gasteiger partial charge on any atom is -0.337 e. The van der Waals surface area contributed by atoms with Gasteiger partial charge < -0.3 is 4.90 Å². The first-order valence-electron chi connectivity index (χ1n) is 10.5. The molecule has 0 saturated carbocycles. The number of thioether (sulfide) groups is 1. The topological polar surface area (TPSA) is 29.1 Å². The van der Waals surface area contributed by atoms with E-state index >= 15 is 0 Å². The van der Waals surface area contributed by atoms with Crippen molar-refractivity contribution in [3.05, 3.63) is 95.8 Å². The first-order valence-corrected chi connectivity index (χ1v) is 13.1. The van der Waals surface area contributed by atoms with E-state index in [4.69, 9.17) is 0 Å². The largest absolute Gasteiger partial charge is 0.337 e. The van der Waals surface area contributed by atoms with E-state index in [-0.39, 0.29) is 5.56 Å². The zero-order valence-corrected chi connectivity index (χ0v) is 20.7. The molecule has 2 aromatic heterocycles. The molecule has 0 radical (unpaired) electrons. The van der Waals surface area contributed by atoms with Gasteiger partial charge in [-0.25, -0.2) is 0 Å². The Kier molecular flexibility index (Phi) is 5.80. The highest BCUT2D eigenvalue weighted by molar-refractivity contribution is 8.08. The number of benzene rings is 2. The van der Waals surface area contributed by atoms with E-state index in [0.717, 1.165) is 25.8 Å². The fraction of sp³-hybridized carbons (Fsp3) is 0.200. The second kappa shape index (κ2) is 8.73. The lowest BCUT2D eigenvalue weighted by molar-refractivity contribution is -0.685. The van der Waals surface area contributed by atoms with Crippen molar-refractivity contribution in [2.75, 3.05) is 11.9 Å². The maximum absolute atomic E-state index is 13.4. The Morgan fingerprint density at radius 3 is 2.66 bits per heavy atom. The number of rotatable bonds is 4. The summed E-state index contributed by atoms with van der Waals surface area (Å²) in [6, 6.07) is 16.8. The molecule has 0 aliphatic carbocycles. The van der Waals surface area contributed by atoms with Gasteiger partial charge in [-0.3, -0.25) is 9.36 Å². The van der Waals surface area contributed by atoms with Gasteiger partial charge in [0.05, 0.1) is 17.1 Å². The molecule has 1 aliphatic heterocycles. The third-order valence-corrected chi connectivity index (χ3v) is 9.14. The number of fused-ring (bicyclic) bond motifs is 1. The number of hydrogen-bond donors (Lipinski definition) is 0. The number of aryl methyl sites for hydroxylation is 1. The summed E-state index contributed by atoms with van der Waals surface area (Å²) in [4.78, 5) is 16.8. The smallest absolute Gasteiger partial charge is 0.271 e. The van der Waals surface area contributed by atoms with Gasteiger partial charge >= 0.3 is 0 Å². The van der Waals surface area contributed by atoms with Crippen molar-refractivity contribution in [1.82, 2.24) is 4.57 Å². The summed E-state index contributed by atoms with van der Waals surface area (Å²) in [5.74, 6) is 0. The molecule has 0 atom stereocenters. The summed E-state index contributed by atoms with van der Waals surface area (Å²) in [5, 5.41) is 4.27. The van der Waals surface area contributed by atoms with Gasteiger partial charge in [-0.2, -0.15) is 4.57 Å². The van der Waals surface area contributed by atoms with Crippen molar-refractivity contribution in [1.29, 1.82) is 0 Å². The molecule has 0 saturated heterocycles. The normalized spacial score (nSPS) is 15.5. The number of anilines is 1. The summed E-state index contributed by atoms with van der Waals surface area (Å²) in [6.45, 7) is 5.63. The van der Waals surface area contributed by atoms with Crippen LogP contribution in [-0.2, 0) is 13.1 Å². The molecular weight excluding hydrogens is 454 g/mol. The monoisotopic (exact) mass is 478 g/mol. The molecule has 7 heteroatoms. The quantitative estimate of drug-likeness (QED) is 0.418. The van der Waals surface area contributed by atoms with Gasteiger partial charge in [-0.1, -0.05) is 65.6 Å². The minimum atomic E-state index is 0.0923. The molecule has 0 amide bonds. The second-order valence-electron chi connectivity index (χ2n) is 7.71. The van der Waals surface area contributed by atoms with Crippen LogP contribution in [0.1, 0.15) is 23.1 Å². The average molecular weight is 479 g/mol. The van der Waals surface area contributed by atoms with Gasteiger partial charge in [-0.05, 0) is 25.5 Å². The van der Waals surface area contributed by atoms with Crippen molar-refractivity contribution in [2.45, 2.75) is 31.8 Å². The molecule has 5 rings (SSSR count). The minimum absolute atomic E-state index is 0.0923. The Hall–Kier alpha value is -2.61. The van der Waals surface area contributed by atoms with Crippen LogP contribution in [0.2, 0.25) is 0 Å². The third kappa shape index (κ3) is 3.74. The summed E-state index contributed by atoms with van der Waals surface area (Å²) in [7, 11) is 2.06. The highest BCUT2D eigenvalue weighted by Crippen LogP contribution is 2.46. The molecule has 4 aromatic rings. The first-order chi connectivity index (χ1) is 15.6. The van der Waals surface area contributed by atoms with Crippen LogP contribution in [0.25, 0.3) is 11.1 Å². The highest BCUT2D eigenvalue weighted by atomic mass is 32.2. The molecule has 1 aliphatic rings. The fourth-order valence-corrected chi connectivity index (χ4v) is 7.31. The molecule has 0 fully saturated rings. The average Bonchev–Trinajstić information content (AvgIpc) is 3.46. The number of hydrogen-bond acceptors (Lipinski definition) is 5. The predicted molar refractivity (Wildman–Crippen MR) is 136 cm³/mol. The van der Waals surface area contributed by atoms with E-state index in [9.17, 15) is 4.79 Å². The highest BCUT2D eigenvalue weighted by Gasteiger charge is 2.26.